The van der Waals surface area contributed by atoms with Gasteiger partial charge in [0.15, 0.2) is 0 Å². The maximum absolute atomic E-state index is 12.7. The second kappa shape index (κ2) is 8.27. The van der Waals surface area contributed by atoms with E-state index in [0.29, 0.717) is 19.6 Å². The number of likely N-dealkylation sites (tertiary alicyclic amines) is 2. The maximum atomic E-state index is 12.7. The SMILES string of the molecule is O=C(NCC(c1cccs1)N1CCCC1)C1CC(=O)N(Cc2ccco2)C1. The molecule has 27 heavy (non-hydrogen) atoms. The van der Waals surface area contributed by atoms with Crippen molar-refractivity contribution in [2.45, 2.75) is 31.8 Å². The van der Waals surface area contributed by atoms with Gasteiger partial charge in [-0.1, -0.05) is 6.07 Å². The Hall–Kier alpha value is -2.12. The number of hydrogen-bond acceptors (Lipinski definition) is 5. The average Bonchev–Trinajstić information content (AvgIpc) is 3.45. The molecule has 7 heteroatoms. The number of carbonyl (C=O) groups is 2. The van der Waals surface area contributed by atoms with Gasteiger partial charge in [0.25, 0.3) is 0 Å². The molecule has 2 aliphatic heterocycles. The van der Waals surface area contributed by atoms with Crippen LogP contribution in [0.1, 0.15) is 35.9 Å². The largest absolute Gasteiger partial charge is 0.467 e. The number of rotatable bonds is 7. The first kappa shape index (κ1) is 18.3. The molecule has 4 rings (SSSR count). The van der Waals surface area contributed by atoms with Crippen molar-refractivity contribution in [3.63, 3.8) is 0 Å². The fraction of sp³-hybridized carbons (Fsp3) is 0.500. The van der Waals surface area contributed by atoms with Crippen molar-refractivity contribution in [2.75, 3.05) is 26.2 Å². The summed E-state index contributed by atoms with van der Waals surface area (Å²) in [6, 6.07) is 8.09. The number of hydrogen-bond donors (Lipinski definition) is 1. The Kier molecular flexibility index (Phi) is 5.59. The number of nitrogens with zero attached hydrogens (tertiary/aromatic N) is 2. The molecule has 2 fully saturated rings. The minimum absolute atomic E-state index is 0.0147. The third-order valence-corrected chi connectivity index (χ3v) is 6.41. The molecule has 2 atom stereocenters. The van der Waals surface area contributed by atoms with Crippen LogP contribution in [0.25, 0.3) is 0 Å². The van der Waals surface area contributed by atoms with Gasteiger partial charge in [0, 0.05) is 24.4 Å². The first-order valence-electron chi connectivity index (χ1n) is 9.56. The Labute approximate surface area is 163 Å². The van der Waals surface area contributed by atoms with E-state index in [1.807, 2.05) is 12.1 Å². The predicted octanol–water partition coefficient (Wildman–Crippen LogP) is 2.64. The number of nitrogens with one attached hydrogen (secondary N) is 1. The van der Waals surface area contributed by atoms with Crippen molar-refractivity contribution in [1.29, 1.82) is 0 Å². The van der Waals surface area contributed by atoms with Gasteiger partial charge in [-0.25, -0.2) is 0 Å². The Bertz CT molecular complexity index is 754. The lowest BCUT2D eigenvalue weighted by atomic mass is 10.1. The standard InChI is InChI=1S/C20H25N3O3S/c24-19-11-15(13-23(19)14-16-5-3-9-26-16)20(25)21-12-17(18-6-4-10-27-18)22-7-1-2-8-22/h3-6,9-10,15,17H,1-2,7-8,11-14H2,(H,21,25). The van der Waals surface area contributed by atoms with Crippen LogP contribution in [-0.4, -0.2) is 47.8 Å². The second-order valence-electron chi connectivity index (χ2n) is 7.27. The molecule has 1 N–H and O–H groups in total. The zero-order valence-corrected chi connectivity index (χ0v) is 16.1. The highest BCUT2D eigenvalue weighted by Gasteiger charge is 2.35. The van der Waals surface area contributed by atoms with Gasteiger partial charge in [-0.2, -0.15) is 0 Å². The normalized spacial score (nSPS) is 21.7. The van der Waals surface area contributed by atoms with Crippen LogP contribution in [0, 0.1) is 5.92 Å². The predicted molar refractivity (Wildman–Crippen MR) is 103 cm³/mol. The first-order chi connectivity index (χ1) is 13.2. The van der Waals surface area contributed by atoms with Crippen LogP contribution in [0.2, 0.25) is 0 Å². The quantitative estimate of drug-likeness (QED) is 0.793. The van der Waals surface area contributed by atoms with Gasteiger partial charge in [-0.3, -0.25) is 14.5 Å². The third kappa shape index (κ3) is 4.25. The maximum Gasteiger partial charge on any atom is 0.225 e. The molecule has 2 aliphatic rings. The summed E-state index contributed by atoms with van der Waals surface area (Å²) in [5, 5.41) is 5.20. The van der Waals surface area contributed by atoms with Crippen molar-refractivity contribution >= 4 is 23.2 Å². The third-order valence-electron chi connectivity index (χ3n) is 5.43. The lowest BCUT2D eigenvalue weighted by molar-refractivity contribution is -0.129. The fourth-order valence-electron chi connectivity index (χ4n) is 3.98. The molecule has 0 spiro atoms. The van der Waals surface area contributed by atoms with Crippen LogP contribution < -0.4 is 5.32 Å². The van der Waals surface area contributed by atoms with Gasteiger partial charge >= 0.3 is 0 Å². The molecule has 0 saturated carbocycles. The van der Waals surface area contributed by atoms with Gasteiger partial charge < -0.3 is 14.6 Å². The molecule has 6 nitrogen and oxygen atoms in total. The molecule has 2 unspecified atom stereocenters. The summed E-state index contributed by atoms with van der Waals surface area (Å²) in [5.74, 6) is 0.457. The topological polar surface area (TPSA) is 65.8 Å². The second-order valence-corrected chi connectivity index (χ2v) is 8.25. The van der Waals surface area contributed by atoms with E-state index in [4.69, 9.17) is 4.42 Å². The van der Waals surface area contributed by atoms with E-state index in [2.05, 4.69) is 27.7 Å². The Morgan fingerprint density at radius 2 is 2.15 bits per heavy atom. The van der Waals surface area contributed by atoms with E-state index in [9.17, 15) is 9.59 Å². The average molecular weight is 388 g/mol. The highest BCUT2D eigenvalue weighted by molar-refractivity contribution is 7.10. The van der Waals surface area contributed by atoms with E-state index in [-0.39, 0.29) is 30.2 Å². The van der Waals surface area contributed by atoms with Crippen molar-refractivity contribution in [3.05, 3.63) is 46.5 Å². The monoisotopic (exact) mass is 387 g/mol. The molecule has 0 aromatic carbocycles. The molecular weight excluding hydrogens is 362 g/mol. The first-order valence-corrected chi connectivity index (χ1v) is 10.4. The Morgan fingerprint density at radius 1 is 1.30 bits per heavy atom. The van der Waals surface area contributed by atoms with Gasteiger partial charge in [0.05, 0.1) is 24.8 Å². The van der Waals surface area contributed by atoms with E-state index < -0.39 is 0 Å². The Morgan fingerprint density at radius 3 is 2.85 bits per heavy atom. The number of thiophene rings is 1. The van der Waals surface area contributed by atoms with Gasteiger partial charge in [0.1, 0.15) is 5.76 Å². The van der Waals surface area contributed by atoms with E-state index >= 15 is 0 Å². The van der Waals surface area contributed by atoms with Crippen molar-refractivity contribution in [1.82, 2.24) is 15.1 Å². The summed E-state index contributed by atoms with van der Waals surface area (Å²) in [6.45, 7) is 3.65. The highest BCUT2D eigenvalue weighted by atomic mass is 32.1. The zero-order valence-electron chi connectivity index (χ0n) is 15.3. The molecule has 144 valence electrons. The Balaban J connectivity index is 1.33. The summed E-state index contributed by atoms with van der Waals surface area (Å²) in [4.78, 5) is 30.4. The van der Waals surface area contributed by atoms with E-state index in [1.165, 1.54) is 17.7 Å². The molecule has 2 aromatic rings. The van der Waals surface area contributed by atoms with Crippen molar-refractivity contribution in [2.24, 2.45) is 5.92 Å². The lowest BCUT2D eigenvalue weighted by Gasteiger charge is -2.27. The van der Waals surface area contributed by atoms with Crippen molar-refractivity contribution in [3.8, 4) is 0 Å². The summed E-state index contributed by atoms with van der Waals surface area (Å²) in [7, 11) is 0. The van der Waals surface area contributed by atoms with Crippen LogP contribution in [0.4, 0.5) is 0 Å². The van der Waals surface area contributed by atoms with Crippen LogP contribution in [0.15, 0.2) is 40.3 Å². The smallest absolute Gasteiger partial charge is 0.225 e. The van der Waals surface area contributed by atoms with Crippen LogP contribution in [0.5, 0.6) is 0 Å². The molecule has 0 aliphatic carbocycles. The van der Waals surface area contributed by atoms with Gasteiger partial charge in [-0.15, -0.1) is 11.3 Å². The number of amides is 2. The summed E-state index contributed by atoms with van der Waals surface area (Å²) in [5.41, 5.74) is 0. The summed E-state index contributed by atoms with van der Waals surface area (Å²) in [6.07, 6.45) is 4.31. The molecule has 2 amide bonds. The highest BCUT2D eigenvalue weighted by Crippen LogP contribution is 2.28. The molecule has 2 saturated heterocycles. The number of carbonyl (C=O) groups excluding carboxylic acids is 2. The summed E-state index contributed by atoms with van der Waals surface area (Å²) < 4.78 is 5.32. The van der Waals surface area contributed by atoms with Crippen LogP contribution >= 0.6 is 11.3 Å². The lowest BCUT2D eigenvalue weighted by Crippen LogP contribution is -2.39. The molecule has 0 radical (unpaired) electrons. The zero-order chi connectivity index (χ0) is 18.6. The van der Waals surface area contributed by atoms with Gasteiger partial charge in [-0.05, 0) is 49.5 Å². The van der Waals surface area contributed by atoms with E-state index in [0.717, 1.165) is 18.8 Å². The minimum atomic E-state index is -0.282. The van der Waals surface area contributed by atoms with Crippen molar-refractivity contribution < 1.29 is 14.0 Å². The van der Waals surface area contributed by atoms with Gasteiger partial charge in [0.2, 0.25) is 11.8 Å². The minimum Gasteiger partial charge on any atom is -0.467 e. The fourth-order valence-corrected chi connectivity index (χ4v) is 4.84. The molecule has 4 heterocycles. The summed E-state index contributed by atoms with van der Waals surface area (Å²) >= 11 is 1.74. The molecule has 2 aromatic heterocycles. The molecular formula is C20H25N3O3S. The van der Waals surface area contributed by atoms with Crippen LogP contribution in [-0.2, 0) is 16.1 Å². The van der Waals surface area contributed by atoms with E-state index in [1.54, 1.807) is 22.5 Å². The number of furan rings is 1. The van der Waals surface area contributed by atoms with Crippen LogP contribution in [0.3, 0.4) is 0 Å². The molecule has 0 bridgehead atoms.